The quantitative estimate of drug-likeness (QED) is 0.761. The molecule has 1 aliphatic carbocycles. The van der Waals surface area contributed by atoms with E-state index in [2.05, 4.69) is 5.32 Å². The van der Waals surface area contributed by atoms with Gasteiger partial charge in [-0.2, -0.15) is 13.2 Å². The Hall–Kier alpha value is -1.31. The van der Waals surface area contributed by atoms with Crippen molar-refractivity contribution in [3.8, 4) is 0 Å². The van der Waals surface area contributed by atoms with E-state index in [-0.39, 0.29) is 24.9 Å². The summed E-state index contributed by atoms with van der Waals surface area (Å²) in [5.74, 6) is -0.105. The Labute approximate surface area is 169 Å². The first-order chi connectivity index (χ1) is 12.8. The molecule has 0 atom stereocenters. The lowest BCUT2D eigenvalue weighted by Gasteiger charge is -2.37. The molecule has 28 heavy (non-hydrogen) atoms. The van der Waals surface area contributed by atoms with Gasteiger partial charge < -0.3 is 15.8 Å². The summed E-state index contributed by atoms with van der Waals surface area (Å²) in [4.78, 5) is 12.9. The summed E-state index contributed by atoms with van der Waals surface area (Å²) in [5, 5.41) is 3.03. The van der Waals surface area contributed by atoms with E-state index in [1.807, 2.05) is 0 Å². The smallest absolute Gasteiger partial charge is 0.381 e. The van der Waals surface area contributed by atoms with Crippen LogP contribution in [0, 0.1) is 5.41 Å². The molecule has 4 nitrogen and oxygen atoms in total. The lowest BCUT2D eigenvalue weighted by Crippen LogP contribution is -2.51. The summed E-state index contributed by atoms with van der Waals surface area (Å²) in [7, 11) is 0. The number of rotatable bonds is 5. The van der Waals surface area contributed by atoms with Crippen LogP contribution in [0.4, 0.5) is 13.2 Å². The Kier molecular flexibility index (Phi) is 7.39. The van der Waals surface area contributed by atoms with Crippen LogP contribution in [0.2, 0.25) is 0 Å². The first-order valence-corrected chi connectivity index (χ1v) is 9.55. The van der Waals surface area contributed by atoms with Crippen LogP contribution in [0.15, 0.2) is 24.3 Å². The summed E-state index contributed by atoms with van der Waals surface area (Å²) in [6.45, 7) is 1.60. The molecule has 3 rings (SSSR count). The second-order valence-electron chi connectivity index (χ2n) is 7.85. The summed E-state index contributed by atoms with van der Waals surface area (Å²) in [6, 6.07) is 5.54. The van der Waals surface area contributed by atoms with Gasteiger partial charge in [-0.25, -0.2) is 0 Å². The summed E-state index contributed by atoms with van der Waals surface area (Å²) in [6.07, 6.45) is 0.215. The molecule has 2 aliphatic rings. The molecule has 3 N–H and O–H groups in total. The average molecular weight is 421 g/mol. The van der Waals surface area contributed by atoms with E-state index in [1.165, 1.54) is 12.1 Å². The van der Waals surface area contributed by atoms with Gasteiger partial charge in [-0.05, 0) is 37.3 Å². The molecule has 8 heteroatoms. The summed E-state index contributed by atoms with van der Waals surface area (Å²) >= 11 is 0. The van der Waals surface area contributed by atoms with Crippen LogP contribution in [-0.4, -0.2) is 32.2 Å². The average Bonchev–Trinajstić information content (AvgIpc) is 3.16. The normalized spacial score (nSPS) is 21.0. The molecule has 158 valence electrons. The minimum Gasteiger partial charge on any atom is -0.381 e. The van der Waals surface area contributed by atoms with Crippen LogP contribution in [-0.2, 0) is 21.1 Å². The van der Waals surface area contributed by atoms with Crippen molar-refractivity contribution in [3.05, 3.63) is 35.4 Å². The Morgan fingerprint density at radius 2 is 1.79 bits per heavy atom. The van der Waals surface area contributed by atoms with Crippen molar-refractivity contribution >= 4 is 18.3 Å². The van der Waals surface area contributed by atoms with Crippen LogP contribution >= 0.6 is 12.4 Å². The lowest BCUT2D eigenvalue weighted by molar-refractivity contribution is -0.138. The summed E-state index contributed by atoms with van der Waals surface area (Å²) < 4.78 is 44.8. The number of alkyl halides is 3. The predicted molar refractivity (Wildman–Crippen MR) is 103 cm³/mol. The molecule has 1 amide bonds. The molecular formula is C20H28ClF3N2O2. The second-order valence-corrected chi connectivity index (χ2v) is 7.85. The zero-order chi connectivity index (χ0) is 19.5. The van der Waals surface area contributed by atoms with Crippen molar-refractivity contribution in [2.75, 3.05) is 26.3 Å². The molecule has 1 heterocycles. The molecule has 2 fully saturated rings. The Morgan fingerprint density at radius 3 is 2.36 bits per heavy atom. The van der Waals surface area contributed by atoms with Crippen LogP contribution in [0.5, 0.6) is 0 Å². The predicted octanol–water partition coefficient (Wildman–Crippen LogP) is 3.81. The van der Waals surface area contributed by atoms with Gasteiger partial charge in [0.15, 0.2) is 0 Å². The van der Waals surface area contributed by atoms with E-state index in [4.69, 9.17) is 10.5 Å². The number of hydrogen-bond acceptors (Lipinski definition) is 3. The van der Waals surface area contributed by atoms with Crippen LogP contribution in [0.3, 0.4) is 0 Å². The maximum absolute atomic E-state index is 13.1. The number of amides is 1. The number of carbonyl (C=O) groups is 1. The summed E-state index contributed by atoms with van der Waals surface area (Å²) in [5.41, 5.74) is 4.83. The van der Waals surface area contributed by atoms with Gasteiger partial charge in [0.2, 0.25) is 5.91 Å². The van der Waals surface area contributed by atoms with Crippen LogP contribution in [0.1, 0.15) is 49.7 Å². The van der Waals surface area contributed by atoms with E-state index in [1.54, 1.807) is 6.07 Å². The monoisotopic (exact) mass is 420 g/mol. The molecule has 0 spiro atoms. The first kappa shape index (κ1) is 23.0. The molecule has 1 saturated heterocycles. The zero-order valence-electron chi connectivity index (χ0n) is 15.8. The van der Waals surface area contributed by atoms with E-state index >= 15 is 0 Å². The molecule has 0 aromatic heterocycles. The molecule has 1 aliphatic heterocycles. The van der Waals surface area contributed by atoms with Crippen LogP contribution in [0.25, 0.3) is 0 Å². The largest absolute Gasteiger partial charge is 0.416 e. The minimum absolute atomic E-state index is 0. The van der Waals surface area contributed by atoms with Gasteiger partial charge in [0, 0.05) is 31.7 Å². The first-order valence-electron chi connectivity index (χ1n) is 9.55. The number of halogens is 4. The highest BCUT2D eigenvalue weighted by molar-refractivity contribution is 5.85. The maximum Gasteiger partial charge on any atom is 0.416 e. The van der Waals surface area contributed by atoms with E-state index < -0.39 is 22.6 Å². The molecule has 1 aromatic rings. The van der Waals surface area contributed by atoms with Crippen molar-refractivity contribution in [2.24, 2.45) is 11.1 Å². The molecule has 1 saturated carbocycles. The molecular weight excluding hydrogens is 393 g/mol. The fourth-order valence-electron chi connectivity index (χ4n) is 4.37. The number of benzene rings is 1. The van der Waals surface area contributed by atoms with E-state index in [9.17, 15) is 18.0 Å². The fourth-order valence-corrected chi connectivity index (χ4v) is 4.37. The topological polar surface area (TPSA) is 64.4 Å². The van der Waals surface area contributed by atoms with Gasteiger partial charge in [-0.3, -0.25) is 4.79 Å². The van der Waals surface area contributed by atoms with Crippen LogP contribution < -0.4 is 11.1 Å². The standard InChI is InChI=1S/C20H27F3N2O2.ClH/c21-20(22,23)16-5-3-4-15(12-16)19(6-1-2-7-19)14-25-17(26)18(13-24)8-10-27-11-9-18;/h3-5,12H,1-2,6-11,13-14,24H2,(H,25,26);1H. The Morgan fingerprint density at radius 1 is 1.14 bits per heavy atom. The Bertz CT molecular complexity index is 670. The van der Waals surface area contributed by atoms with Gasteiger partial charge >= 0.3 is 6.18 Å². The number of hydrogen-bond donors (Lipinski definition) is 2. The zero-order valence-corrected chi connectivity index (χ0v) is 16.6. The minimum atomic E-state index is -4.37. The second kappa shape index (κ2) is 9.01. The van der Waals surface area contributed by atoms with Gasteiger partial charge in [0.1, 0.15) is 0 Å². The third kappa shape index (κ3) is 4.63. The van der Waals surface area contributed by atoms with Gasteiger partial charge in [0.25, 0.3) is 0 Å². The molecule has 0 radical (unpaired) electrons. The highest BCUT2D eigenvalue weighted by atomic mass is 35.5. The van der Waals surface area contributed by atoms with Crippen molar-refractivity contribution in [1.29, 1.82) is 0 Å². The van der Waals surface area contributed by atoms with Crippen molar-refractivity contribution in [3.63, 3.8) is 0 Å². The highest BCUT2D eigenvalue weighted by Gasteiger charge is 2.42. The highest BCUT2D eigenvalue weighted by Crippen LogP contribution is 2.42. The van der Waals surface area contributed by atoms with Gasteiger partial charge in [-0.1, -0.05) is 31.0 Å². The van der Waals surface area contributed by atoms with E-state index in [0.29, 0.717) is 38.2 Å². The fraction of sp³-hybridized carbons (Fsp3) is 0.650. The number of carbonyl (C=O) groups excluding carboxylic acids is 1. The lowest BCUT2D eigenvalue weighted by atomic mass is 9.76. The van der Waals surface area contributed by atoms with Crippen molar-refractivity contribution in [2.45, 2.75) is 50.1 Å². The SMILES string of the molecule is Cl.NCC1(C(=O)NCC2(c3cccc(C(F)(F)F)c3)CCCC2)CCOCC1. The number of nitrogens with one attached hydrogen (secondary N) is 1. The maximum atomic E-state index is 13.1. The molecule has 1 aromatic carbocycles. The molecule has 0 bridgehead atoms. The Balaban J connectivity index is 0.00000280. The van der Waals surface area contributed by atoms with Crippen molar-refractivity contribution in [1.82, 2.24) is 5.32 Å². The third-order valence-electron chi connectivity index (χ3n) is 6.27. The molecule has 0 unspecified atom stereocenters. The third-order valence-corrected chi connectivity index (χ3v) is 6.27. The van der Waals surface area contributed by atoms with Crippen molar-refractivity contribution < 1.29 is 22.7 Å². The number of nitrogens with two attached hydrogens (primary N) is 1. The number of ether oxygens (including phenoxy) is 1. The van der Waals surface area contributed by atoms with Gasteiger partial charge in [0.05, 0.1) is 11.0 Å². The van der Waals surface area contributed by atoms with Gasteiger partial charge in [-0.15, -0.1) is 12.4 Å². The van der Waals surface area contributed by atoms with E-state index in [0.717, 1.165) is 31.7 Å².